The van der Waals surface area contributed by atoms with Crippen molar-refractivity contribution < 1.29 is 4.39 Å². The van der Waals surface area contributed by atoms with Crippen LogP contribution in [0.4, 0.5) is 4.39 Å². The van der Waals surface area contributed by atoms with Gasteiger partial charge in [0, 0.05) is 5.02 Å². The fourth-order valence-electron chi connectivity index (χ4n) is 1.02. The van der Waals surface area contributed by atoms with Gasteiger partial charge in [0.2, 0.25) is 0 Å². The van der Waals surface area contributed by atoms with Crippen molar-refractivity contribution in [2.75, 3.05) is 0 Å². The summed E-state index contributed by atoms with van der Waals surface area (Å²) in [5.74, 6) is -0.391. The van der Waals surface area contributed by atoms with E-state index < -0.39 is 5.82 Å². The molecule has 5 heteroatoms. The van der Waals surface area contributed by atoms with Crippen molar-refractivity contribution in [1.29, 1.82) is 0 Å². The highest BCUT2D eigenvalue weighted by molar-refractivity contribution is 6.30. The van der Waals surface area contributed by atoms with Gasteiger partial charge in [-0.15, -0.1) is 5.10 Å². The van der Waals surface area contributed by atoms with Crippen LogP contribution in [0.5, 0.6) is 0 Å². The van der Waals surface area contributed by atoms with Gasteiger partial charge in [0.15, 0.2) is 0 Å². The Kier molecular flexibility index (Phi) is 1.98. The minimum absolute atomic E-state index is 0.338. The van der Waals surface area contributed by atoms with Crippen molar-refractivity contribution in [3.63, 3.8) is 0 Å². The van der Waals surface area contributed by atoms with Crippen molar-refractivity contribution in [1.82, 2.24) is 15.0 Å². The highest BCUT2D eigenvalue weighted by Gasteiger charge is 2.01. The van der Waals surface area contributed by atoms with Gasteiger partial charge in [-0.05, 0) is 18.2 Å². The lowest BCUT2D eigenvalue weighted by atomic mass is 10.3. The molecule has 3 nitrogen and oxygen atoms in total. The predicted molar refractivity (Wildman–Crippen MR) is 46.3 cm³/mol. The zero-order chi connectivity index (χ0) is 9.26. The molecule has 2 rings (SSSR count). The Morgan fingerprint density at radius 3 is 2.77 bits per heavy atom. The summed E-state index contributed by atoms with van der Waals surface area (Å²) in [5.41, 5.74) is 0.558. The molecule has 0 N–H and O–H groups in total. The first kappa shape index (κ1) is 8.19. The number of halogens is 2. The normalized spacial score (nSPS) is 10.3. The zero-order valence-corrected chi connectivity index (χ0v) is 7.24. The average Bonchev–Trinajstić information content (AvgIpc) is 2.53. The highest BCUT2D eigenvalue weighted by Crippen LogP contribution is 2.16. The molecule has 0 radical (unpaired) electrons. The van der Waals surface area contributed by atoms with Gasteiger partial charge in [-0.3, -0.25) is 0 Å². The molecule has 1 heterocycles. The first-order chi connectivity index (χ1) is 6.25. The summed E-state index contributed by atoms with van der Waals surface area (Å²) in [6, 6.07) is 4.18. The maximum Gasteiger partial charge on any atom is 0.126 e. The SMILES string of the molecule is Fc1cc(Cl)cc(-n2ccnn2)c1. The maximum atomic E-state index is 12.9. The fourth-order valence-corrected chi connectivity index (χ4v) is 1.23. The molecule has 0 spiro atoms. The van der Waals surface area contributed by atoms with Gasteiger partial charge < -0.3 is 0 Å². The highest BCUT2D eigenvalue weighted by atomic mass is 35.5. The Hall–Kier alpha value is -1.42. The predicted octanol–water partition coefficient (Wildman–Crippen LogP) is 2.06. The minimum Gasteiger partial charge on any atom is -0.221 e. The summed E-state index contributed by atoms with van der Waals surface area (Å²) in [6.45, 7) is 0. The molecule has 1 aromatic heterocycles. The molecule has 0 unspecified atom stereocenters. The van der Waals surface area contributed by atoms with Crippen molar-refractivity contribution in [3.05, 3.63) is 41.4 Å². The number of aromatic nitrogens is 3. The third kappa shape index (κ3) is 1.67. The molecule has 0 bridgehead atoms. The standard InChI is InChI=1S/C8H5ClFN3/c9-6-3-7(10)5-8(4-6)13-2-1-11-12-13/h1-5H. The molecule has 2 aromatic rings. The van der Waals surface area contributed by atoms with Crippen LogP contribution in [0.25, 0.3) is 5.69 Å². The smallest absolute Gasteiger partial charge is 0.126 e. The number of benzene rings is 1. The van der Waals surface area contributed by atoms with Gasteiger partial charge in [0.1, 0.15) is 5.82 Å². The van der Waals surface area contributed by atoms with Gasteiger partial charge in [0.05, 0.1) is 18.1 Å². The summed E-state index contributed by atoms with van der Waals surface area (Å²) in [5, 5.41) is 7.65. The molecular weight excluding hydrogens is 193 g/mol. The van der Waals surface area contributed by atoms with E-state index in [4.69, 9.17) is 11.6 Å². The Balaban J connectivity index is 2.53. The Morgan fingerprint density at radius 1 is 1.31 bits per heavy atom. The summed E-state index contributed by atoms with van der Waals surface area (Å²) >= 11 is 5.67. The Labute approximate surface area is 78.8 Å². The third-order valence-electron chi connectivity index (χ3n) is 1.53. The van der Waals surface area contributed by atoms with Crippen LogP contribution in [0.3, 0.4) is 0 Å². The van der Waals surface area contributed by atoms with Crippen LogP contribution < -0.4 is 0 Å². The van der Waals surface area contributed by atoms with E-state index in [1.807, 2.05) is 0 Å². The van der Waals surface area contributed by atoms with Gasteiger partial charge >= 0.3 is 0 Å². The van der Waals surface area contributed by atoms with Crippen molar-refractivity contribution >= 4 is 11.6 Å². The quantitative estimate of drug-likeness (QED) is 0.701. The van der Waals surface area contributed by atoms with Gasteiger partial charge in [-0.1, -0.05) is 16.8 Å². The molecule has 0 aliphatic carbocycles. The summed E-state index contributed by atoms with van der Waals surface area (Å²) < 4.78 is 14.3. The summed E-state index contributed by atoms with van der Waals surface area (Å²) in [6.07, 6.45) is 3.13. The molecule has 0 aliphatic heterocycles. The molecule has 0 aliphatic rings. The third-order valence-corrected chi connectivity index (χ3v) is 1.75. The van der Waals surface area contributed by atoms with Gasteiger partial charge in [-0.2, -0.15) is 0 Å². The molecule has 0 saturated carbocycles. The number of hydrogen-bond acceptors (Lipinski definition) is 2. The van der Waals surface area contributed by atoms with E-state index in [1.165, 1.54) is 23.0 Å². The monoisotopic (exact) mass is 197 g/mol. The Bertz CT molecular complexity index is 393. The van der Waals surface area contributed by atoms with E-state index in [9.17, 15) is 4.39 Å². The van der Waals surface area contributed by atoms with E-state index in [0.29, 0.717) is 10.7 Å². The molecular formula is C8H5ClFN3. The largest absolute Gasteiger partial charge is 0.221 e. The first-order valence-electron chi connectivity index (χ1n) is 3.58. The van der Waals surface area contributed by atoms with E-state index >= 15 is 0 Å². The minimum atomic E-state index is -0.391. The van der Waals surface area contributed by atoms with E-state index in [2.05, 4.69) is 10.3 Å². The van der Waals surface area contributed by atoms with Crippen molar-refractivity contribution in [2.24, 2.45) is 0 Å². The van der Waals surface area contributed by atoms with Crippen molar-refractivity contribution in [3.8, 4) is 5.69 Å². The van der Waals surface area contributed by atoms with E-state index in [1.54, 1.807) is 12.3 Å². The van der Waals surface area contributed by atoms with Crippen LogP contribution in [0.15, 0.2) is 30.6 Å². The van der Waals surface area contributed by atoms with Crippen LogP contribution in [0, 0.1) is 5.82 Å². The second kappa shape index (κ2) is 3.14. The van der Waals surface area contributed by atoms with Gasteiger partial charge in [-0.25, -0.2) is 9.07 Å². The number of rotatable bonds is 1. The lowest BCUT2D eigenvalue weighted by Gasteiger charge is -2.00. The topological polar surface area (TPSA) is 30.7 Å². The molecule has 0 atom stereocenters. The maximum absolute atomic E-state index is 12.9. The van der Waals surface area contributed by atoms with Crippen molar-refractivity contribution in [2.45, 2.75) is 0 Å². The molecule has 0 fully saturated rings. The average molecular weight is 198 g/mol. The molecule has 1 aromatic carbocycles. The van der Waals surface area contributed by atoms with Crippen LogP contribution in [0.1, 0.15) is 0 Å². The lowest BCUT2D eigenvalue weighted by molar-refractivity contribution is 0.625. The number of nitrogens with zero attached hydrogens (tertiary/aromatic N) is 3. The second-order valence-corrected chi connectivity index (χ2v) is 2.91. The second-order valence-electron chi connectivity index (χ2n) is 2.48. The summed E-state index contributed by atoms with van der Waals surface area (Å²) in [4.78, 5) is 0. The van der Waals surface area contributed by atoms with Crippen LogP contribution in [0.2, 0.25) is 5.02 Å². The zero-order valence-electron chi connectivity index (χ0n) is 6.48. The van der Waals surface area contributed by atoms with Crippen LogP contribution in [-0.4, -0.2) is 15.0 Å². The molecule has 66 valence electrons. The Morgan fingerprint density at radius 2 is 2.15 bits per heavy atom. The van der Waals surface area contributed by atoms with E-state index in [-0.39, 0.29) is 0 Å². The van der Waals surface area contributed by atoms with Gasteiger partial charge in [0.25, 0.3) is 0 Å². The van der Waals surface area contributed by atoms with Crippen LogP contribution in [-0.2, 0) is 0 Å². The molecule has 13 heavy (non-hydrogen) atoms. The van der Waals surface area contributed by atoms with Crippen LogP contribution >= 0.6 is 11.6 Å². The first-order valence-corrected chi connectivity index (χ1v) is 3.96. The lowest BCUT2D eigenvalue weighted by Crippen LogP contribution is -1.95. The summed E-state index contributed by atoms with van der Waals surface area (Å²) in [7, 11) is 0. The molecule has 0 amide bonds. The fraction of sp³-hybridized carbons (Fsp3) is 0. The molecule has 0 saturated heterocycles. The number of hydrogen-bond donors (Lipinski definition) is 0. The van der Waals surface area contributed by atoms with E-state index in [0.717, 1.165) is 0 Å².